The largest absolute Gasteiger partial charge is 0.355 e. The molecule has 25 heavy (non-hydrogen) atoms. The number of aryl methyl sites for hydroxylation is 2. The first-order valence-electron chi connectivity index (χ1n) is 9.66. The molecule has 134 valence electrons. The maximum atomic E-state index is 12.4. The highest BCUT2D eigenvalue weighted by molar-refractivity contribution is 5.82. The Balaban J connectivity index is 1.25. The number of nitrogens with zero attached hydrogens (tertiary/aromatic N) is 2. The molecule has 4 rings (SSSR count). The lowest BCUT2D eigenvalue weighted by Gasteiger charge is -2.24. The van der Waals surface area contributed by atoms with E-state index in [1.807, 2.05) is 18.2 Å². The second-order valence-corrected chi connectivity index (χ2v) is 7.58. The van der Waals surface area contributed by atoms with Crippen molar-refractivity contribution in [3.05, 3.63) is 30.1 Å². The molecule has 1 aromatic heterocycles. The van der Waals surface area contributed by atoms with Gasteiger partial charge in [0.1, 0.15) is 5.82 Å². The van der Waals surface area contributed by atoms with Crippen LogP contribution in [0.1, 0.15) is 44.3 Å². The van der Waals surface area contributed by atoms with Gasteiger partial charge in [0.25, 0.3) is 0 Å². The van der Waals surface area contributed by atoms with Gasteiger partial charge in [-0.2, -0.15) is 0 Å². The minimum absolute atomic E-state index is 0.0175. The second kappa shape index (κ2) is 7.16. The number of amides is 1. The number of carbonyl (C=O) groups excluding carboxylic acids is 1. The lowest BCUT2D eigenvalue weighted by atomic mass is 9.85. The third kappa shape index (κ3) is 3.43. The van der Waals surface area contributed by atoms with Gasteiger partial charge < -0.3 is 15.2 Å². The van der Waals surface area contributed by atoms with E-state index in [0.717, 1.165) is 37.1 Å². The highest BCUT2D eigenvalue weighted by atomic mass is 16.2. The van der Waals surface area contributed by atoms with Crippen molar-refractivity contribution in [3.8, 4) is 0 Å². The van der Waals surface area contributed by atoms with Gasteiger partial charge in [-0.05, 0) is 43.7 Å². The number of nitrogens with one attached hydrogen (secondary N) is 2. The number of benzene rings is 1. The Morgan fingerprint density at radius 2 is 2.16 bits per heavy atom. The van der Waals surface area contributed by atoms with E-state index in [1.54, 1.807) is 0 Å². The van der Waals surface area contributed by atoms with Crippen LogP contribution in [0, 0.1) is 5.92 Å². The van der Waals surface area contributed by atoms with Crippen LogP contribution in [0.5, 0.6) is 0 Å². The van der Waals surface area contributed by atoms with Crippen molar-refractivity contribution in [2.75, 3.05) is 6.54 Å². The summed E-state index contributed by atoms with van der Waals surface area (Å²) in [6.45, 7) is 0.718. The fraction of sp³-hybridized carbons (Fsp3) is 0.600. The van der Waals surface area contributed by atoms with Crippen molar-refractivity contribution in [2.45, 2.75) is 57.0 Å². The lowest BCUT2D eigenvalue weighted by molar-refractivity contribution is -0.122. The molecule has 1 saturated carbocycles. The van der Waals surface area contributed by atoms with E-state index in [1.165, 1.54) is 31.2 Å². The smallest absolute Gasteiger partial charge is 0.237 e. The van der Waals surface area contributed by atoms with E-state index in [-0.39, 0.29) is 11.9 Å². The molecule has 2 fully saturated rings. The number of fused-ring (bicyclic) bond motifs is 2. The highest BCUT2D eigenvalue weighted by Gasteiger charge is 2.37. The molecule has 2 N–H and O–H groups in total. The van der Waals surface area contributed by atoms with Gasteiger partial charge in [0.2, 0.25) is 5.91 Å². The molecule has 5 nitrogen and oxygen atoms in total. The molecule has 1 saturated heterocycles. The minimum atomic E-state index is 0.0175. The van der Waals surface area contributed by atoms with Crippen LogP contribution in [0.3, 0.4) is 0 Å². The van der Waals surface area contributed by atoms with Crippen molar-refractivity contribution in [1.29, 1.82) is 0 Å². The van der Waals surface area contributed by atoms with Crippen LogP contribution in [0.15, 0.2) is 24.3 Å². The molecule has 2 aliphatic rings. The zero-order valence-corrected chi connectivity index (χ0v) is 15.0. The first kappa shape index (κ1) is 16.6. The van der Waals surface area contributed by atoms with Crippen LogP contribution in [0.2, 0.25) is 0 Å². The monoisotopic (exact) mass is 340 g/mol. The predicted octanol–water partition coefficient (Wildman–Crippen LogP) is 2.54. The number of para-hydroxylation sites is 2. The Kier molecular flexibility index (Phi) is 4.75. The first-order chi connectivity index (χ1) is 12.2. The van der Waals surface area contributed by atoms with Gasteiger partial charge >= 0.3 is 0 Å². The minimum Gasteiger partial charge on any atom is -0.355 e. The molecule has 0 bridgehead atoms. The van der Waals surface area contributed by atoms with Gasteiger partial charge in [-0.25, -0.2) is 4.98 Å². The van der Waals surface area contributed by atoms with E-state index >= 15 is 0 Å². The van der Waals surface area contributed by atoms with Gasteiger partial charge in [-0.3, -0.25) is 4.79 Å². The van der Waals surface area contributed by atoms with Crippen molar-refractivity contribution in [1.82, 2.24) is 20.2 Å². The Hall–Kier alpha value is -1.88. The number of aromatic nitrogens is 2. The topological polar surface area (TPSA) is 59.0 Å². The molecule has 5 heteroatoms. The number of rotatable bonds is 5. The average Bonchev–Trinajstić information content (AvgIpc) is 3.20. The normalized spacial score (nSPS) is 25.9. The summed E-state index contributed by atoms with van der Waals surface area (Å²) in [5, 5.41) is 6.67. The van der Waals surface area contributed by atoms with E-state index < -0.39 is 0 Å². The maximum Gasteiger partial charge on any atom is 0.237 e. The first-order valence-corrected chi connectivity index (χ1v) is 9.66. The molecule has 0 spiro atoms. The van der Waals surface area contributed by atoms with Gasteiger partial charge in [-0.15, -0.1) is 0 Å². The number of carbonyl (C=O) groups is 1. The summed E-state index contributed by atoms with van der Waals surface area (Å²) in [5.41, 5.74) is 2.21. The molecule has 1 aliphatic heterocycles. The molecule has 1 aliphatic carbocycles. The summed E-state index contributed by atoms with van der Waals surface area (Å²) in [6.07, 6.45) is 7.98. The molecular formula is C20H28N4O. The maximum absolute atomic E-state index is 12.4. The van der Waals surface area contributed by atoms with Crippen LogP contribution in [0.25, 0.3) is 11.0 Å². The zero-order chi connectivity index (χ0) is 17.2. The fourth-order valence-electron chi connectivity index (χ4n) is 4.52. The van der Waals surface area contributed by atoms with Gasteiger partial charge in [-0.1, -0.05) is 25.0 Å². The standard InChI is InChI=1S/C20H28N4O/c1-24-18-10-5-4-9-16(18)23-19(24)11-6-12-21-20(25)17-13-14-7-2-3-8-15(14)22-17/h4-5,9-10,14-15,17,22H,2-3,6-8,11-13H2,1H3,(H,21,25). The predicted molar refractivity (Wildman–Crippen MR) is 99.3 cm³/mol. The molecule has 1 amide bonds. The van der Waals surface area contributed by atoms with Gasteiger partial charge in [0.15, 0.2) is 0 Å². The summed E-state index contributed by atoms with van der Waals surface area (Å²) in [5.74, 6) is 1.98. The van der Waals surface area contributed by atoms with Crippen LogP contribution in [-0.4, -0.2) is 34.1 Å². The molecular weight excluding hydrogens is 312 g/mol. The Labute approximate surface area is 149 Å². The van der Waals surface area contributed by atoms with Crippen molar-refractivity contribution >= 4 is 16.9 Å². The SMILES string of the molecule is Cn1c(CCCNC(=O)C2CC3CCCCC3N2)nc2ccccc21. The molecule has 0 radical (unpaired) electrons. The van der Waals surface area contributed by atoms with Crippen molar-refractivity contribution < 1.29 is 4.79 Å². The van der Waals surface area contributed by atoms with Crippen LogP contribution < -0.4 is 10.6 Å². The summed E-state index contributed by atoms with van der Waals surface area (Å²) in [6, 6.07) is 8.80. The molecule has 3 atom stereocenters. The Bertz CT molecular complexity index is 739. The quantitative estimate of drug-likeness (QED) is 0.823. The van der Waals surface area contributed by atoms with E-state index in [4.69, 9.17) is 4.98 Å². The zero-order valence-electron chi connectivity index (χ0n) is 15.0. The number of imidazole rings is 1. The van der Waals surface area contributed by atoms with Crippen LogP contribution >= 0.6 is 0 Å². The summed E-state index contributed by atoms with van der Waals surface area (Å²) < 4.78 is 2.15. The summed E-state index contributed by atoms with van der Waals surface area (Å²) >= 11 is 0. The lowest BCUT2D eigenvalue weighted by Crippen LogP contribution is -2.43. The fourth-order valence-corrected chi connectivity index (χ4v) is 4.52. The highest BCUT2D eigenvalue weighted by Crippen LogP contribution is 2.33. The molecule has 2 heterocycles. The second-order valence-electron chi connectivity index (χ2n) is 7.58. The summed E-state index contributed by atoms with van der Waals surface area (Å²) in [4.78, 5) is 17.1. The van der Waals surface area contributed by atoms with E-state index in [0.29, 0.717) is 12.0 Å². The molecule has 1 aromatic carbocycles. The Morgan fingerprint density at radius 1 is 1.32 bits per heavy atom. The van der Waals surface area contributed by atoms with E-state index in [2.05, 4.69) is 28.3 Å². The van der Waals surface area contributed by atoms with Gasteiger partial charge in [0, 0.05) is 26.1 Å². The summed E-state index contributed by atoms with van der Waals surface area (Å²) in [7, 11) is 2.06. The molecule has 2 aromatic rings. The van der Waals surface area contributed by atoms with Crippen LogP contribution in [-0.2, 0) is 18.3 Å². The van der Waals surface area contributed by atoms with Crippen LogP contribution in [0.4, 0.5) is 0 Å². The Morgan fingerprint density at radius 3 is 3.00 bits per heavy atom. The van der Waals surface area contributed by atoms with E-state index in [9.17, 15) is 4.79 Å². The van der Waals surface area contributed by atoms with Gasteiger partial charge in [0.05, 0.1) is 17.1 Å². The third-order valence-corrected chi connectivity index (χ3v) is 5.94. The third-order valence-electron chi connectivity index (χ3n) is 5.94. The number of hydrogen-bond donors (Lipinski definition) is 2. The molecule has 3 unspecified atom stereocenters. The average molecular weight is 340 g/mol. The van der Waals surface area contributed by atoms with Crippen molar-refractivity contribution in [3.63, 3.8) is 0 Å². The number of hydrogen-bond acceptors (Lipinski definition) is 3. The van der Waals surface area contributed by atoms with Crippen molar-refractivity contribution in [2.24, 2.45) is 13.0 Å².